The summed E-state index contributed by atoms with van der Waals surface area (Å²) in [6.07, 6.45) is 6.66. The van der Waals surface area contributed by atoms with Crippen molar-refractivity contribution < 1.29 is 9.90 Å². The van der Waals surface area contributed by atoms with E-state index in [1.165, 1.54) is 0 Å². The van der Waals surface area contributed by atoms with Gasteiger partial charge in [0.25, 0.3) is 0 Å². The van der Waals surface area contributed by atoms with Gasteiger partial charge in [-0.25, -0.2) is 0 Å². The zero-order chi connectivity index (χ0) is 9.84. The summed E-state index contributed by atoms with van der Waals surface area (Å²) in [5, 5.41) is 9.27. The van der Waals surface area contributed by atoms with E-state index in [-0.39, 0.29) is 18.4 Å². The van der Waals surface area contributed by atoms with Crippen molar-refractivity contribution in [2.75, 3.05) is 7.05 Å². The number of hydrogen-bond donors (Lipinski definition) is 1. The van der Waals surface area contributed by atoms with Crippen LogP contribution in [0.15, 0.2) is 24.3 Å². The highest BCUT2D eigenvalue weighted by atomic mass is 35.5. The predicted octanol–water partition coefficient (Wildman–Crippen LogP) is 0.844. The fourth-order valence-corrected chi connectivity index (χ4v) is 1.10. The maximum Gasteiger partial charge on any atom is 0.314 e. The molecule has 0 aromatic rings. The number of halogens is 1. The maximum atomic E-state index is 9.27. The highest BCUT2D eigenvalue weighted by Gasteiger charge is 2.16. The van der Waals surface area contributed by atoms with Crippen LogP contribution in [-0.4, -0.2) is 39.8 Å². The Hall–Kier alpha value is -0.930. The van der Waals surface area contributed by atoms with Crippen molar-refractivity contribution in [1.82, 2.24) is 4.90 Å². The first kappa shape index (κ1) is 13.1. The Kier molecular flexibility index (Phi) is 5.35. The molecule has 1 unspecified atom stereocenters. The summed E-state index contributed by atoms with van der Waals surface area (Å²) in [4.78, 5) is 4.84. The van der Waals surface area contributed by atoms with Crippen LogP contribution in [0.5, 0.6) is 0 Å². The molecular formula is C9H14ClN3O. The average Bonchev–Trinajstić information content (AvgIpc) is 2.17. The van der Waals surface area contributed by atoms with Crippen LogP contribution in [0.25, 0.3) is 5.53 Å². The first-order chi connectivity index (χ1) is 6.15. The molecule has 0 aliphatic heterocycles. The van der Waals surface area contributed by atoms with Gasteiger partial charge in [-0.3, -0.25) is 4.90 Å². The number of aliphatic hydroxyl groups excluding tert-OH is 1. The molecule has 0 aromatic carbocycles. The standard InChI is InChI=1S/C9H13N3O.ClH/c1-7(13)12(2)9-5-3-8(11-10)4-6-9;/h3-7,9,13H,1-2H3;1H. The van der Waals surface area contributed by atoms with Gasteiger partial charge in [-0.1, -0.05) is 12.2 Å². The van der Waals surface area contributed by atoms with Crippen molar-refractivity contribution in [2.24, 2.45) is 0 Å². The molecule has 0 aromatic heterocycles. The summed E-state index contributed by atoms with van der Waals surface area (Å²) in [5.74, 6) is 0. The van der Waals surface area contributed by atoms with Gasteiger partial charge in [-0.2, -0.15) is 4.79 Å². The van der Waals surface area contributed by atoms with Gasteiger partial charge in [-0.05, 0) is 14.0 Å². The van der Waals surface area contributed by atoms with Crippen LogP contribution in [0.3, 0.4) is 0 Å². The number of allylic oxidation sites excluding steroid dienone is 2. The largest absolute Gasteiger partial charge is 0.379 e. The number of rotatable bonds is 2. The summed E-state index contributed by atoms with van der Waals surface area (Å²) in [6, 6.07) is 0.0606. The SMILES string of the molecule is CC(O)N(C)C1C=CC(=[N+]=[N-])C=C1.Cl. The van der Waals surface area contributed by atoms with E-state index in [0.717, 1.165) is 0 Å². The van der Waals surface area contributed by atoms with Crippen molar-refractivity contribution in [2.45, 2.75) is 19.2 Å². The van der Waals surface area contributed by atoms with E-state index in [1.54, 1.807) is 24.0 Å². The van der Waals surface area contributed by atoms with Gasteiger partial charge in [0.15, 0.2) is 0 Å². The Balaban J connectivity index is 0.00000169. The van der Waals surface area contributed by atoms with Crippen LogP contribution in [0.1, 0.15) is 6.92 Å². The number of hydrogen-bond acceptors (Lipinski definition) is 2. The summed E-state index contributed by atoms with van der Waals surface area (Å²) < 4.78 is 0. The van der Waals surface area contributed by atoms with Gasteiger partial charge < -0.3 is 10.6 Å². The number of likely N-dealkylation sites (N-methyl/N-ethyl adjacent to an activating group) is 1. The van der Waals surface area contributed by atoms with Gasteiger partial charge in [0.05, 0.1) is 0 Å². The molecule has 0 radical (unpaired) electrons. The third kappa shape index (κ3) is 3.09. The third-order valence-electron chi connectivity index (χ3n) is 2.10. The first-order valence-corrected chi connectivity index (χ1v) is 4.13. The van der Waals surface area contributed by atoms with E-state index >= 15 is 0 Å². The second-order valence-corrected chi connectivity index (χ2v) is 3.03. The highest BCUT2D eigenvalue weighted by molar-refractivity contribution is 6.00. The van der Waals surface area contributed by atoms with Gasteiger partial charge >= 0.3 is 5.71 Å². The minimum atomic E-state index is -0.494. The summed E-state index contributed by atoms with van der Waals surface area (Å²) in [6.45, 7) is 1.71. The molecule has 1 atom stereocenters. The molecule has 0 saturated heterocycles. The summed E-state index contributed by atoms with van der Waals surface area (Å²) in [5.41, 5.74) is 8.97. The second-order valence-electron chi connectivity index (χ2n) is 3.03. The smallest absolute Gasteiger partial charge is 0.314 e. The van der Waals surface area contributed by atoms with E-state index in [1.807, 2.05) is 19.2 Å². The molecule has 5 heteroatoms. The Morgan fingerprint density at radius 3 is 2.36 bits per heavy atom. The topological polar surface area (TPSA) is 59.9 Å². The fraction of sp³-hybridized carbons (Fsp3) is 0.444. The molecule has 1 N–H and O–H groups in total. The molecule has 78 valence electrons. The molecule has 1 aliphatic carbocycles. The van der Waals surface area contributed by atoms with Crippen molar-refractivity contribution in [3.8, 4) is 0 Å². The zero-order valence-corrected chi connectivity index (χ0v) is 8.98. The van der Waals surface area contributed by atoms with Crippen LogP contribution in [0.4, 0.5) is 0 Å². The monoisotopic (exact) mass is 215 g/mol. The van der Waals surface area contributed by atoms with Crippen LogP contribution in [-0.2, 0) is 0 Å². The van der Waals surface area contributed by atoms with E-state index in [4.69, 9.17) is 5.53 Å². The summed E-state index contributed by atoms with van der Waals surface area (Å²) in [7, 11) is 1.82. The van der Waals surface area contributed by atoms with Crippen LogP contribution in [0, 0.1) is 0 Å². The second kappa shape index (κ2) is 5.73. The van der Waals surface area contributed by atoms with Gasteiger partial charge in [0.1, 0.15) is 6.23 Å². The highest BCUT2D eigenvalue weighted by Crippen LogP contribution is 2.07. The Bertz CT molecular complexity index is 276. The van der Waals surface area contributed by atoms with E-state index in [0.29, 0.717) is 5.71 Å². The lowest BCUT2D eigenvalue weighted by molar-refractivity contribution is -0.00227. The molecule has 0 spiro atoms. The molecule has 0 heterocycles. The Labute approximate surface area is 89.6 Å². The van der Waals surface area contributed by atoms with Crippen molar-refractivity contribution in [1.29, 1.82) is 0 Å². The first-order valence-electron chi connectivity index (χ1n) is 4.13. The van der Waals surface area contributed by atoms with Crippen molar-refractivity contribution >= 4 is 18.1 Å². The van der Waals surface area contributed by atoms with Gasteiger partial charge in [0.2, 0.25) is 0 Å². The number of aliphatic hydroxyl groups is 1. The predicted molar refractivity (Wildman–Crippen MR) is 57.4 cm³/mol. The lowest BCUT2D eigenvalue weighted by Crippen LogP contribution is -2.37. The molecular weight excluding hydrogens is 202 g/mol. The van der Waals surface area contributed by atoms with Gasteiger partial charge in [0, 0.05) is 18.2 Å². The Morgan fingerprint density at radius 2 is 2.00 bits per heavy atom. The third-order valence-corrected chi connectivity index (χ3v) is 2.10. The van der Waals surface area contributed by atoms with Crippen LogP contribution in [0.2, 0.25) is 0 Å². The quantitative estimate of drug-likeness (QED) is 0.422. The summed E-state index contributed by atoms with van der Waals surface area (Å²) >= 11 is 0. The van der Waals surface area contributed by atoms with Crippen LogP contribution >= 0.6 is 12.4 Å². The molecule has 1 rings (SSSR count). The van der Waals surface area contributed by atoms with Crippen molar-refractivity contribution in [3.63, 3.8) is 0 Å². The minimum absolute atomic E-state index is 0. The molecule has 1 aliphatic rings. The molecule has 4 nitrogen and oxygen atoms in total. The molecule has 0 saturated carbocycles. The molecule has 0 fully saturated rings. The van der Waals surface area contributed by atoms with Crippen molar-refractivity contribution in [3.05, 3.63) is 29.8 Å². The lowest BCUT2D eigenvalue weighted by atomic mass is 10.1. The normalized spacial score (nSPS) is 21.7. The Morgan fingerprint density at radius 1 is 1.50 bits per heavy atom. The minimum Gasteiger partial charge on any atom is -0.379 e. The average molecular weight is 216 g/mol. The van der Waals surface area contributed by atoms with E-state index in [2.05, 4.69) is 4.79 Å². The van der Waals surface area contributed by atoms with Gasteiger partial charge in [-0.15, -0.1) is 12.4 Å². The maximum absolute atomic E-state index is 9.27. The lowest BCUT2D eigenvalue weighted by Gasteiger charge is -2.26. The molecule has 0 bridgehead atoms. The molecule has 0 amide bonds. The fourth-order valence-electron chi connectivity index (χ4n) is 1.10. The van der Waals surface area contributed by atoms with Crippen LogP contribution < -0.4 is 0 Å². The van der Waals surface area contributed by atoms with E-state index < -0.39 is 6.23 Å². The molecule has 14 heavy (non-hydrogen) atoms. The zero-order valence-electron chi connectivity index (χ0n) is 8.16. The van der Waals surface area contributed by atoms with E-state index in [9.17, 15) is 5.11 Å². The number of nitrogens with zero attached hydrogens (tertiary/aromatic N) is 3.